The van der Waals surface area contributed by atoms with Crippen molar-refractivity contribution in [2.75, 3.05) is 0 Å². The highest BCUT2D eigenvalue weighted by Gasteiger charge is 2.03. The topological polar surface area (TPSA) is 9.86 Å². The van der Waals surface area contributed by atoms with Gasteiger partial charge in [0.15, 0.2) is 0 Å². The molecule has 30 heavy (non-hydrogen) atoms. The van der Waals surface area contributed by atoms with Crippen LogP contribution in [0.4, 0.5) is 0 Å². The fraction of sp³-hybridized carbons (Fsp3) is 0.0714. The number of fused-ring (bicyclic) bond motifs is 2. The molecule has 3 aromatic carbocycles. The number of hydrogen-bond donors (Lipinski definition) is 0. The summed E-state index contributed by atoms with van der Waals surface area (Å²) in [5, 5.41) is 2.54. The molecule has 2 heteroatoms. The number of para-hydroxylation sites is 2. The second kappa shape index (κ2) is 7.57. The third-order valence-corrected chi connectivity index (χ3v) is 5.81. The van der Waals surface area contributed by atoms with Crippen molar-refractivity contribution in [2.24, 2.45) is 14.1 Å². The molecule has 0 amide bonds. The Balaban J connectivity index is 1.34. The molecule has 0 atom stereocenters. The molecule has 0 unspecified atom stereocenters. The maximum atomic E-state index is 2.23. The molecular weight excluding hydrogens is 364 g/mol. The first-order valence-corrected chi connectivity index (χ1v) is 10.2. The summed E-state index contributed by atoms with van der Waals surface area (Å²) in [6, 6.07) is 30.1. The standard InChI is InChI=1S/C28H24N2/c1-29-25(19-23-7-3-5-9-27(23)29)17-15-21-11-13-22(14-12-21)16-18-26-20-24-8-4-6-10-28(24)30(26)2/h3-20H,1-2H3. The van der Waals surface area contributed by atoms with Gasteiger partial charge in [-0.2, -0.15) is 0 Å². The lowest BCUT2D eigenvalue weighted by Gasteiger charge is -2.00. The quantitative estimate of drug-likeness (QED) is 0.313. The van der Waals surface area contributed by atoms with Crippen molar-refractivity contribution in [3.05, 3.63) is 107 Å². The Morgan fingerprint density at radius 1 is 0.500 bits per heavy atom. The molecule has 2 nitrogen and oxygen atoms in total. The molecule has 0 saturated heterocycles. The first-order valence-electron chi connectivity index (χ1n) is 10.2. The van der Waals surface area contributed by atoms with Crippen LogP contribution in [0.15, 0.2) is 84.9 Å². The van der Waals surface area contributed by atoms with Gasteiger partial charge in [-0.1, -0.05) is 72.8 Å². The van der Waals surface area contributed by atoms with Crippen molar-refractivity contribution in [3.63, 3.8) is 0 Å². The summed E-state index contributed by atoms with van der Waals surface area (Å²) < 4.78 is 4.46. The zero-order valence-electron chi connectivity index (χ0n) is 17.3. The molecule has 2 heterocycles. The first-order chi connectivity index (χ1) is 14.7. The third-order valence-electron chi connectivity index (χ3n) is 5.81. The van der Waals surface area contributed by atoms with Gasteiger partial charge < -0.3 is 9.13 Å². The highest BCUT2D eigenvalue weighted by molar-refractivity contribution is 5.86. The lowest BCUT2D eigenvalue weighted by Crippen LogP contribution is -1.89. The Labute approximate surface area is 177 Å². The fourth-order valence-corrected chi connectivity index (χ4v) is 4.02. The van der Waals surface area contributed by atoms with Gasteiger partial charge in [0.25, 0.3) is 0 Å². The molecule has 0 bridgehead atoms. The average molecular weight is 389 g/mol. The van der Waals surface area contributed by atoms with Gasteiger partial charge in [0.2, 0.25) is 0 Å². The number of aromatic nitrogens is 2. The van der Waals surface area contributed by atoms with E-state index in [1.165, 1.54) is 44.3 Å². The van der Waals surface area contributed by atoms with Gasteiger partial charge in [0.1, 0.15) is 0 Å². The van der Waals surface area contributed by atoms with Gasteiger partial charge in [-0.15, -0.1) is 0 Å². The van der Waals surface area contributed by atoms with Crippen molar-refractivity contribution < 1.29 is 0 Å². The van der Waals surface area contributed by atoms with Crippen LogP contribution in [0, 0.1) is 0 Å². The number of nitrogens with zero attached hydrogens (tertiary/aromatic N) is 2. The normalized spacial score (nSPS) is 12.1. The molecule has 0 spiro atoms. The van der Waals surface area contributed by atoms with Crippen LogP contribution in [0.1, 0.15) is 22.5 Å². The van der Waals surface area contributed by atoms with Gasteiger partial charge in [-0.05, 0) is 47.5 Å². The van der Waals surface area contributed by atoms with E-state index in [-0.39, 0.29) is 0 Å². The van der Waals surface area contributed by atoms with Crippen molar-refractivity contribution in [2.45, 2.75) is 0 Å². The Kier molecular flexibility index (Phi) is 4.61. The van der Waals surface area contributed by atoms with E-state index in [9.17, 15) is 0 Å². The summed E-state index contributed by atoms with van der Waals surface area (Å²) in [6.07, 6.45) is 8.71. The molecule has 0 radical (unpaired) electrons. The van der Waals surface area contributed by atoms with Crippen LogP contribution < -0.4 is 0 Å². The van der Waals surface area contributed by atoms with Crippen molar-refractivity contribution in [3.8, 4) is 0 Å². The molecule has 5 rings (SSSR count). The van der Waals surface area contributed by atoms with Gasteiger partial charge >= 0.3 is 0 Å². The van der Waals surface area contributed by atoms with Gasteiger partial charge in [-0.3, -0.25) is 0 Å². The molecule has 0 aliphatic carbocycles. The minimum absolute atomic E-state index is 1.20. The summed E-state index contributed by atoms with van der Waals surface area (Å²) in [6.45, 7) is 0. The van der Waals surface area contributed by atoms with Gasteiger partial charge in [-0.25, -0.2) is 0 Å². The van der Waals surface area contributed by atoms with Crippen LogP contribution in [-0.2, 0) is 14.1 Å². The molecular formula is C28H24N2. The summed E-state index contributed by atoms with van der Waals surface area (Å²) in [7, 11) is 4.23. The van der Waals surface area contributed by atoms with Gasteiger partial charge in [0.05, 0.1) is 0 Å². The minimum Gasteiger partial charge on any atom is -0.344 e. The molecule has 0 aliphatic heterocycles. The van der Waals surface area contributed by atoms with Crippen LogP contribution in [0.25, 0.3) is 46.1 Å². The second-order valence-electron chi connectivity index (χ2n) is 7.71. The minimum atomic E-state index is 1.20. The molecule has 0 N–H and O–H groups in total. The Hall–Kier alpha value is -3.78. The first kappa shape index (κ1) is 18.3. The van der Waals surface area contributed by atoms with Crippen LogP contribution in [0.2, 0.25) is 0 Å². The van der Waals surface area contributed by atoms with Crippen molar-refractivity contribution >= 4 is 46.1 Å². The van der Waals surface area contributed by atoms with E-state index in [1.807, 2.05) is 0 Å². The molecule has 146 valence electrons. The summed E-state index contributed by atoms with van der Waals surface area (Å²) >= 11 is 0. The van der Waals surface area contributed by atoms with E-state index >= 15 is 0 Å². The highest BCUT2D eigenvalue weighted by atomic mass is 14.9. The number of hydrogen-bond acceptors (Lipinski definition) is 0. The Morgan fingerprint density at radius 3 is 1.30 bits per heavy atom. The van der Waals surface area contributed by atoms with Crippen LogP contribution in [0.5, 0.6) is 0 Å². The van der Waals surface area contributed by atoms with Crippen LogP contribution >= 0.6 is 0 Å². The largest absolute Gasteiger partial charge is 0.344 e. The van der Waals surface area contributed by atoms with E-state index < -0.39 is 0 Å². The maximum absolute atomic E-state index is 2.23. The van der Waals surface area contributed by atoms with Crippen LogP contribution in [-0.4, -0.2) is 9.13 Å². The predicted octanol–water partition coefficient (Wildman–Crippen LogP) is 7.01. The maximum Gasteiger partial charge on any atom is 0.0482 e. The molecule has 0 fully saturated rings. The SMILES string of the molecule is Cn1c(C=Cc2ccc(C=Cc3cc4ccccc4n3C)cc2)cc2ccccc21. The summed E-state index contributed by atoms with van der Waals surface area (Å²) in [5.41, 5.74) is 7.31. The molecule has 5 aromatic rings. The van der Waals surface area contributed by atoms with E-state index in [0.717, 1.165) is 0 Å². The predicted molar refractivity (Wildman–Crippen MR) is 130 cm³/mol. The lowest BCUT2D eigenvalue weighted by atomic mass is 10.1. The van der Waals surface area contributed by atoms with Gasteiger partial charge in [0, 0.05) is 47.3 Å². The fourth-order valence-electron chi connectivity index (χ4n) is 4.02. The molecule has 0 aliphatic rings. The highest BCUT2D eigenvalue weighted by Crippen LogP contribution is 2.22. The zero-order valence-corrected chi connectivity index (χ0v) is 17.3. The zero-order chi connectivity index (χ0) is 20.5. The Bertz CT molecular complexity index is 1280. The van der Waals surface area contributed by atoms with Crippen molar-refractivity contribution in [1.82, 2.24) is 9.13 Å². The number of aryl methyl sites for hydroxylation is 2. The van der Waals surface area contributed by atoms with Crippen LogP contribution in [0.3, 0.4) is 0 Å². The van der Waals surface area contributed by atoms with E-state index in [2.05, 4.69) is 132 Å². The van der Waals surface area contributed by atoms with E-state index in [4.69, 9.17) is 0 Å². The lowest BCUT2D eigenvalue weighted by molar-refractivity contribution is 0.955. The summed E-state index contributed by atoms with van der Waals surface area (Å²) in [5.74, 6) is 0. The molecule has 0 saturated carbocycles. The molecule has 2 aromatic heterocycles. The second-order valence-corrected chi connectivity index (χ2v) is 7.71. The monoisotopic (exact) mass is 388 g/mol. The third kappa shape index (κ3) is 3.37. The van der Waals surface area contributed by atoms with Crippen molar-refractivity contribution in [1.29, 1.82) is 0 Å². The average Bonchev–Trinajstić information content (AvgIpc) is 3.28. The smallest absolute Gasteiger partial charge is 0.0482 e. The van der Waals surface area contributed by atoms with E-state index in [1.54, 1.807) is 0 Å². The van der Waals surface area contributed by atoms with E-state index in [0.29, 0.717) is 0 Å². The summed E-state index contributed by atoms with van der Waals surface area (Å²) in [4.78, 5) is 0. The Morgan fingerprint density at radius 2 is 0.900 bits per heavy atom. The number of benzene rings is 3. The number of rotatable bonds is 4.